The molecule has 102 heavy (non-hydrogen) atoms. The number of hydrogen-bond acceptors (Lipinski definition) is 29. The fourth-order valence-electron chi connectivity index (χ4n) is 11.8. The summed E-state index contributed by atoms with van der Waals surface area (Å²) >= 11 is 0. The molecule has 17 unspecified atom stereocenters. The number of aliphatic hydroxyl groups is 10. The second-order valence-corrected chi connectivity index (χ2v) is 25.4. The number of carbonyl (C=O) groups excluding carboxylic acids is 9. The zero-order valence-corrected chi connectivity index (χ0v) is 58.7. The van der Waals surface area contributed by atoms with Gasteiger partial charge in [0.15, 0.2) is 18.9 Å². The van der Waals surface area contributed by atoms with Gasteiger partial charge in [0.05, 0.1) is 97.5 Å². The van der Waals surface area contributed by atoms with Crippen LogP contribution in [0.25, 0.3) is 0 Å². The smallest absolute Gasteiger partial charge is 0.242 e. The van der Waals surface area contributed by atoms with Crippen molar-refractivity contribution in [1.29, 1.82) is 0 Å². The number of aliphatic hydroxyl groups excluding tert-OH is 10. The molecule has 3 saturated heterocycles. The number of hydrogen-bond donors (Lipinski definition) is 19. The molecule has 0 radical (unpaired) electrons. The number of amides is 9. The molecule has 0 bridgehead atoms. The molecule has 9 amide bonds. The van der Waals surface area contributed by atoms with Crippen molar-refractivity contribution < 1.29 is 142 Å². The minimum Gasteiger partial charge on any atom is -0.394 e. The Morgan fingerprint density at radius 3 is 1.11 bits per heavy atom. The van der Waals surface area contributed by atoms with Gasteiger partial charge < -0.3 is 146 Å². The number of methoxy groups -OCH3 is 1. The van der Waals surface area contributed by atoms with E-state index in [2.05, 4.69) is 47.9 Å². The maximum absolute atomic E-state index is 13.8. The van der Waals surface area contributed by atoms with Crippen LogP contribution in [0, 0.1) is 0 Å². The highest BCUT2D eigenvalue weighted by atomic mass is 16.7. The minimum atomic E-state index is -1.54. The van der Waals surface area contributed by atoms with Gasteiger partial charge in [-0.05, 0) is 32.1 Å². The molecule has 20 atom stereocenters. The first-order chi connectivity index (χ1) is 48.8. The third kappa shape index (κ3) is 32.4. The predicted octanol–water partition coefficient (Wildman–Crippen LogP) is -7.65. The van der Waals surface area contributed by atoms with Gasteiger partial charge in [-0.15, -0.1) is 0 Å². The molecule has 1 aliphatic carbocycles. The van der Waals surface area contributed by atoms with Crippen molar-refractivity contribution in [3.05, 3.63) is 0 Å². The van der Waals surface area contributed by atoms with E-state index in [1.165, 1.54) is 20.8 Å². The molecule has 19 N–H and O–H groups in total. The van der Waals surface area contributed by atoms with Crippen LogP contribution in [0.5, 0.6) is 0 Å². The average molecular weight is 1470 g/mol. The average Bonchev–Trinajstić information content (AvgIpc) is 1.03. The summed E-state index contributed by atoms with van der Waals surface area (Å²) in [7, 11) is 1.56. The summed E-state index contributed by atoms with van der Waals surface area (Å²) in [5.41, 5.74) is 0. The Bertz CT molecular complexity index is 2500. The number of nitrogens with one attached hydrogen (secondary N) is 9. The number of ether oxygens (including phenoxy) is 10. The van der Waals surface area contributed by atoms with E-state index in [4.69, 9.17) is 47.4 Å². The lowest BCUT2D eigenvalue weighted by molar-refractivity contribution is -0.272. The molecule has 4 aliphatic rings. The summed E-state index contributed by atoms with van der Waals surface area (Å²) in [6.07, 6.45) is -10.8. The van der Waals surface area contributed by atoms with Gasteiger partial charge in [0.1, 0.15) is 85.1 Å². The van der Waals surface area contributed by atoms with Crippen LogP contribution in [0.15, 0.2) is 0 Å². The standard InChI is InChI=1S/C64H113N9O29/c1-36(77)68-51-57(88)54(85)44(33-74)100-62(51)97-28-25-94-22-19-65-47(81)17-15-40(60(91)66-20-23-95-26-29-98-63-52(69-37(2)78)58(89)55(86)45(34-75)101-63)72-50(84)18-16-41(61(92)67-21-24-96-27-30-99-64-53(70-38(3)79)59(90)56(87)46(35-76)102-64)71-48(82)13-11-9-7-5-6-8-10-12-14-49(83)73-42-31-39(80)32-43(42)93-4/h39-46,51-59,62-64,74-76,80,85-90H,5-35H2,1-4H3,(H,65,81)(H,66,91)(H,67,92)(H,68,77)(H,69,78)(H,70,79)(H,71,82)(H,72,84)(H,73,83)/t39-,40?,41?,42-,43+,44?,45?,46?,51?,52?,53?,54?,55?,56?,57?,58?,59?,62?,63?,64?/m0/s1. The van der Waals surface area contributed by atoms with Crippen LogP contribution < -0.4 is 47.9 Å². The van der Waals surface area contributed by atoms with E-state index in [0.717, 1.165) is 32.1 Å². The van der Waals surface area contributed by atoms with Gasteiger partial charge in [-0.1, -0.05) is 38.5 Å². The Kier molecular flexibility index (Phi) is 42.9. The Balaban J connectivity index is 1.33. The van der Waals surface area contributed by atoms with Crippen LogP contribution in [0.2, 0.25) is 0 Å². The van der Waals surface area contributed by atoms with Gasteiger partial charge in [0.25, 0.3) is 0 Å². The fourth-order valence-corrected chi connectivity index (χ4v) is 11.8. The summed E-state index contributed by atoms with van der Waals surface area (Å²) in [5.74, 6) is -4.87. The van der Waals surface area contributed by atoms with Crippen molar-refractivity contribution in [2.24, 2.45) is 0 Å². The Labute approximate surface area is 592 Å². The van der Waals surface area contributed by atoms with Crippen LogP contribution in [0.1, 0.15) is 124 Å². The van der Waals surface area contributed by atoms with Gasteiger partial charge in [-0.25, -0.2) is 0 Å². The molecule has 3 aliphatic heterocycles. The lowest BCUT2D eigenvalue weighted by atomic mass is 9.97. The van der Waals surface area contributed by atoms with Gasteiger partial charge in [-0.2, -0.15) is 0 Å². The first-order valence-electron chi connectivity index (χ1n) is 35.0. The zero-order valence-electron chi connectivity index (χ0n) is 58.7. The highest BCUT2D eigenvalue weighted by molar-refractivity contribution is 5.90. The van der Waals surface area contributed by atoms with Gasteiger partial charge >= 0.3 is 0 Å². The normalized spacial score (nSPS) is 28.4. The van der Waals surface area contributed by atoms with Crippen molar-refractivity contribution in [1.82, 2.24) is 47.9 Å². The lowest BCUT2D eigenvalue weighted by Gasteiger charge is -2.42. The molecule has 588 valence electrons. The van der Waals surface area contributed by atoms with E-state index in [1.54, 1.807) is 7.11 Å². The summed E-state index contributed by atoms with van der Waals surface area (Å²) < 4.78 is 55.8. The highest BCUT2D eigenvalue weighted by Gasteiger charge is 2.48. The monoisotopic (exact) mass is 1470 g/mol. The first kappa shape index (κ1) is 88.8. The van der Waals surface area contributed by atoms with Crippen molar-refractivity contribution in [3.8, 4) is 0 Å². The molecule has 0 aromatic heterocycles. The molecule has 1 saturated carbocycles. The molecule has 3 heterocycles. The van der Waals surface area contributed by atoms with Crippen molar-refractivity contribution in [2.75, 3.05) is 106 Å². The van der Waals surface area contributed by atoms with E-state index in [-0.39, 0.29) is 123 Å². The van der Waals surface area contributed by atoms with E-state index in [9.17, 15) is 94.2 Å². The second kappa shape index (κ2) is 49.3. The van der Waals surface area contributed by atoms with E-state index >= 15 is 0 Å². The highest BCUT2D eigenvalue weighted by Crippen LogP contribution is 2.26. The maximum Gasteiger partial charge on any atom is 0.242 e. The molecule has 4 fully saturated rings. The Morgan fingerprint density at radius 2 is 0.745 bits per heavy atom. The molecular formula is C64H113N9O29. The molecule has 0 aromatic rings. The molecule has 38 nitrogen and oxygen atoms in total. The van der Waals surface area contributed by atoms with Crippen LogP contribution in [0.3, 0.4) is 0 Å². The van der Waals surface area contributed by atoms with Gasteiger partial charge in [-0.3, -0.25) is 43.2 Å². The van der Waals surface area contributed by atoms with Crippen LogP contribution >= 0.6 is 0 Å². The van der Waals surface area contributed by atoms with E-state index < -0.39 is 184 Å². The number of carbonyl (C=O) groups is 9. The Hall–Kier alpha value is -5.57. The van der Waals surface area contributed by atoms with Crippen LogP contribution in [-0.4, -0.2) is 333 Å². The first-order valence-corrected chi connectivity index (χ1v) is 35.0. The van der Waals surface area contributed by atoms with Crippen molar-refractivity contribution >= 4 is 53.2 Å². The van der Waals surface area contributed by atoms with Gasteiger partial charge in [0, 0.05) is 79.6 Å². The fraction of sp³-hybridized carbons (Fsp3) is 0.859. The Morgan fingerprint density at radius 1 is 0.402 bits per heavy atom. The molecule has 4 rings (SSSR count). The lowest BCUT2D eigenvalue weighted by Crippen LogP contribution is -2.64. The molecule has 38 heteroatoms. The third-order valence-corrected chi connectivity index (χ3v) is 17.3. The number of rotatable bonds is 50. The number of unbranched alkanes of at least 4 members (excludes halogenated alkanes) is 7. The zero-order chi connectivity index (χ0) is 75.1. The van der Waals surface area contributed by atoms with Crippen molar-refractivity contribution in [2.45, 2.75) is 246 Å². The summed E-state index contributed by atoms with van der Waals surface area (Å²) in [5, 5.41) is 125. The van der Waals surface area contributed by atoms with Gasteiger partial charge in [0.2, 0.25) is 53.2 Å². The maximum atomic E-state index is 13.8. The van der Waals surface area contributed by atoms with Crippen molar-refractivity contribution in [3.63, 3.8) is 0 Å². The predicted molar refractivity (Wildman–Crippen MR) is 352 cm³/mol. The topological polar surface area (TPSA) is 556 Å². The SMILES string of the molecule is CO[C@@H]1C[C@@H](O)C[C@@H]1NC(=O)CCCCCCCCCCC(=O)NC(CCC(=O)NC(CCC(=O)NCCOCCOC1OC(CO)C(O)C(O)C1NC(C)=O)C(=O)NCCOCCOC1OC(CO)C(O)C(O)C1NC(C)=O)C(=O)NCCOCCOC1OC(CO)C(O)C(O)C1NC(C)=O. The molecule has 0 aromatic carbocycles. The quantitative estimate of drug-likeness (QED) is 0.0252. The van der Waals surface area contributed by atoms with Crippen LogP contribution in [0.4, 0.5) is 0 Å². The summed E-state index contributed by atoms with van der Waals surface area (Å²) in [6.45, 7) is 0.452. The van der Waals surface area contributed by atoms with Crippen LogP contribution in [-0.2, 0) is 90.5 Å². The van der Waals surface area contributed by atoms with E-state index in [0.29, 0.717) is 38.5 Å². The molecular weight excluding hydrogens is 1360 g/mol. The van der Waals surface area contributed by atoms with E-state index in [1.807, 2.05) is 0 Å². The molecule has 0 spiro atoms. The third-order valence-electron chi connectivity index (χ3n) is 17.3. The largest absolute Gasteiger partial charge is 0.394 e. The second-order valence-electron chi connectivity index (χ2n) is 25.4. The summed E-state index contributed by atoms with van der Waals surface area (Å²) in [6, 6.07) is -6.36. The summed E-state index contributed by atoms with van der Waals surface area (Å²) in [4.78, 5) is 116. The minimum absolute atomic E-state index is 0.0204.